The Bertz CT molecular complexity index is 166. The zero-order valence-corrected chi connectivity index (χ0v) is 8.44. The highest BCUT2D eigenvalue weighted by Gasteiger charge is 1.96. The van der Waals surface area contributed by atoms with Crippen LogP contribution in [-0.4, -0.2) is 12.5 Å². The molecule has 3 heteroatoms. The van der Waals surface area contributed by atoms with Gasteiger partial charge in [0.2, 0.25) is 5.91 Å². The van der Waals surface area contributed by atoms with Crippen molar-refractivity contribution in [3.63, 3.8) is 0 Å². The minimum atomic E-state index is -0.216. The number of unbranched alkanes of at least 4 members (excludes halogenated alkanes) is 1. The van der Waals surface area contributed by atoms with Gasteiger partial charge in [0.15, 0.2) is 0 Å². The van der Waals surface area contributed by atoms with Crippen LogP contribution in [0.1, 0.15) is 39.0 Å². The Morgan fingerprint density at radius 1 is 1.38 bits per heavy atom. The Labute approximate surface area is 80.4 Å². The Morgan fingerprint density at radius 3 is 2.54 bits per heavy atom. The van der Waals surface area contributed by atoms with Gasteiger partial charge in [-0.3, -0.25) is 4.79 Å². The molecule has 3 nitrogen and oxygen atoms in total. The fourth-order valence-corrected chi connectivity index (χ4v) is 1.03. The van der Waals surface area contributed by atoms with Crippen LogP contribution in [0, 0.1) is 0 Å². The molecule has 3 N–H and O–H groups in total. The van der Waals surface area contributed by atoms with E-state index < -0.39 is 0 Å². The van der Waals surface area contributed by atoms with Gasteiger partial charge >= 0.3 is 0 Å². The number of carbonyl (C=O) groups is 1. The summed E-state index contributed by atoms with van der Waals surface area (Å²) in [6.07, 6.45) is 4.38. The standard InChI is InChI=1S/C10H20N2O/c1-3-8-12-9(2)6-4-5-7-10(11)13/h12H,2-8H2,1H3,(H2,11,13). The Hall–Kier alpha value is -0.990. The Kier molecular flexibility index (Phi) is 7.07. The van der Waals surface area contributed by atoms with Gasteiger partial charge in [-0.25, -0.2) is 0 Å². The topological polar surface area (TPSA) is 55.1 Å². The van der Waals surface area contributed by atoms with Crippen molar-refractivity contribution in [3.05, 3.63) is 12.3 Å². The van der Waals surface area contributed by atoms with Gasteiger partial charge in [-0.05, 0) is 25.7 Å². The molecule has 0 aromatic carbocycles. The van der Waals surface area contributed by atoms with Crippen molar-refractivity contribution in [2.75, 3.05) is 6.54 Å². The summed E-state index contributed by atoms with van der Waals surface area (Å²) >= 11 is 0. The summed E-state index contributed by atoms with van der Waals surface area (Å²) in [7, 11) is 0. The quantitative estimate of drug-likeness (QED) is 0.562. The monoisotopic (exact) mass is 184 g/mol. The van der Waals surface area contributed by atoms with Gasteiger partial charge in [-0.2, -0.15) is 0 Å². The first-order valence-corrected chi connectivity index (χ1v) is 4.86. The fraction of sp³-hybridized carbons (Fsp3) is 0.700. The molecular weight excluding hydrogens is 164 g/mol. The smallest absolute Gasteiger partial charge is 0.217 e. The molecule has 0 aromatic rings. The van der Waals surface area contributed by atoms with Crippen LogP contribution in [0.5, 0.6) is 0 Å². The number of amides is 1. The van der Waals surface area contributed by atoms with E-state index in [1.54, 1.807) is 0 Å². The summed E-state index contributed by atoms with van der Waals surface area (Å²) in [5, 5.41) is 3.21. The van der Waals surface area contributed by atoms with E-state index in [0.717, 1.165) is 37.9 Å². The summed E-state index contributed by atoms with van der Waals surface area (Å²) in [4.78, 5) is 10.4. The Balaban J connectivity index is 3.22. The fourth-order valence-electron chi connectivity index (χ4n) is 1.03. The van der Waals surface area contributed by atoms with E-state index in [2.05, 4.69) is 18.8 Å². The van der Waals surface area contributed by atoms with Crippen LogP contribution in [0.15, 0.2) is 12.3 Å². The maximum absolute atomic E-state index is 10.4. The summed E-state index contributed by atoms with van der Waals surface area (Å²) in [5.41, 5.74) is 6.07. The van der Waals surface area contributed by atoms with Crippen LogP contribution < -0.4 is 11.1 Å². The number of nitrogens with one attached hydrogen (secondary N) is 1. The van der Waals surface area contributed by atoms with E-state index in [0.29, 0.717) is 6.42 Å². The average molecular weight is 184 g/mol. The van der Waals surface area contributed by atoms with Crippen molar-refractivity contribution in [1.29, 1.82) is 0 Å². The molecule has 0 unspecified atom stereocenters. The van der Waals surface area contributed by atoms with Crippen molar-refractivity contribution >= 4 is 5.91 Å². The van der Waals surface area contributed by atoms with Gasteiger partial charge in [0.05, 0.1) is 0 Å². The molecule has 0 aliphatic rings. The van der Waals surface area contributed by atoms with Crippen molar-refractivity contribution in [2.24, 2.45) is 5.73 Å². The van der Waals surface area contributed by atoms with Gasteiger partial charge in [0, 0.05) is 18.7 Å². The number of primary amides is 1. The lowest BCUT2D eigenvalue weighted by atomic mass is 10.1. The molecule has 0 bridgehead atoms. The molecule has 0 aromatic heterocycles. The van der Waals surface area contributed by atoms with Crippen LogP contribution in [0.3, 0.4) is 0 Å². The van der Waals surface area contributed by atoms with Gasteiger partial charge in [0.25, 0.3) is 0 Å². The highest BCUT2D eigenvalue weighted by Crippen LogP contribution is 2.04. The highest BCUT2D eigenvalue weighted by atomic mass is 16.1. The molecule has 0 rings (SSSR count). The number of nitrogens with two attached hydrogens (primary N) is 1. The molecule has 0 radical (unpaired) electrons. The third-order valence-corrected chi connectivity index (χ3v) is 1.78. The number of allylic oxidation sites excluding steroid dienone is 1. The van der Waals surface area contributed by atoms with Crippen LogP contribution in [-0.2, 0) is 4.79 Å². The normalized spacial score (nSPS) is 9.62. The second-order valence-corrected chi connectivity index (χ2v) is 3.20. The molecule has 76 valence electrons. The van der Waals surface area contributed by atoms with Gasteiger partial charge < -0.3 is 11.1 Å². The predicted octanol–water partition coefficient (Wildman–Crippen LogP) is 1.55. The molecule has 1 amide bonds. The zero-order chi connectivity index (χ0) is 10.1. The van der Waals surface area contributed by atoms with Gasteiger partial charge in [0.1, 0.15) is 0 Å². The maximum atomic E-state index is 10.4. The second kappa shape index (κ2) is 7.65. The molecular formula is C10H20N2O. The molecule has 0 atom stereocenters. The first-order valence-electron chi connectivity index (χ1n) is 4.86. The lowest BCUT2D eigenvalue weighted by Crippen LogP contribution is -2.13. The minimum absolute atomic E-state index is 0.216. The van der Waals surface area contributed by atoms with E-state index in [1.165, 1.54) is 0 Å². The SMILES string of the molecule is C=C(CCCCC(N)=O)NCCC. The molecule has 0 saturated carbocycles. The summed E-state index contributed by atoms with van der Waals surface area (Å²) < 4.78 is 0. The van der Waals surface area contributed by atoms with Gasteiger partial charge in [-0.15, -0.1) is 0 Å². The number of hydrogen-bond donors (Lipinski definition) is 2. The van der Waals surface area contributed by atoms with Crippen LogP contribution in [0.4, 0.5) is 0 Å². The minimum Gasteiger partial charge on any atom is -0.389 e. The van der Waals surface area contributed by atoms with Crippen molar-refractivity contribution in [3.8, 4) is 0 Å². The lowest BCUT2D eigenvalue weighted by molar-refractivity contribution is -0.118. The number of rotatable bonds is 8. The zero-order valence-electron chi connectivity index (χ0n) is 8.44. The third-order valence-electron chi connectivity index (χ3n) is 1.78. The number of carbonyl (C=O) groups excluding carboxylic acids is 1. The molecule has 0 spiro atoms. The van der Waals surface area contributed by atoms with Crippen LogP contribution in [0.25, 0.3) is 0 Å². The average Bonchev–Trinajstić information content (AvgIpc) is 2.08. The third kappa shape index (κ3) is 8.92. The molecule has 0 fully saturated rings. The molecule has 13 heavy (non-hydrogen) atoms. The first kappa shape index (κ1) is 12.0. The van der Waals surface area contributed by atoms with Crippen molar-refractivity contribution < 1.29 is 4.79 Å². The van der Waals surface area contributed by atoms with Crippen molar-refractivity contribution in [2.45, 2.75) is 39.0 Å². The predicted molar refractivity (Wildman–Crippen MR) is 55.1 cm³/mol. The number of hydrogen-bond acceptors (Lipinski definition) is 2. The van der Waals surface area contributed by atoms with E-state index in [9.17, 15) is 4.79 Å². The summed E-state index contributed by atoms with van der Waals surface area (Å²) in [6, 6.07) is 0. The maximum Gasteiger partial charge on any atom is 0.217 e. The molecule has 0 heterocycles. The molecule has 0 aliphatic carbocycles. The van der Waals surface area contributed by atoms with E-state index >= 15 is 0 Å². The van der Waals surface area contributed by atoms with E-state index in [4.69, 9.17) is 5.73 Å². The van der Waals surface area contributed by atoms with Crippen molar-refractivity contribution in [1.82, 2.24) is 5.32 Å². The van der Waals surface area contributed by atoms with Gasteiger partial charge in [-0.1, -0.05) is 13.5 Å². The highest BCUT2D eigenvalue weighted by molar-refractivity contribution is 5.73. The molecule has 0 aliphatic heterocycles. The lowest BCUT2D eigenvalue weighted by Gasteiger charge is -2.07. The summed E-state index contributed by atoms with van der Waals surface area (Å²) in [5.74, 6) is -0.216. The van der Waals surface area contributed by atoms with E-state index in [-0.39, 0.29) is 5.91 Å². The van der Waals surface area contributed by atoms with E-state index in [1.807, 2.05) is 0 Å². The second-order valence-electron chi connectivity index (χ2n) is 3.20. The molecule has 0 saturated heterocycles. The Morgan fingerprint density at radius 2 is 2.00 bits per heavy atom. The first-order chi connectivity index (χ1) is 6.16. The van der Waals surface area contributed by atoms with Crippen LogP contribution in [0.2, 0.25) is 0 Å². The largest absolute Gasteiger partial charge is 0.389 e. The summed E-state index contributed by atoms with van der Waals surface area (Å²) in [6.45, 7) is 6.98. The van der Waals surface area contributed by atoms with Crippen LogP contribution >= 0.6 is 0 Å².